The SMILES string of the molecule is CCNC(=O)NC(=O)COC(=O)CN1C(=O)N[C@@]2(C[C@@H](C)CC(C)(C)C2)C1=O. The van der Waals surface area contributed by atoms with Crippen molar-refractivity contribution in [3.8, 4) is 0 Å². The van der Waals surface area contributed by atoms with E-state index in [0.29, 0.717) is 19.4 Å². The van der Waals surface area contributed by atoms with Gasteiger partial charge in [-0.15, -0.1) is 0 Å². The van der Waals surface area contributed by atoms with Crippen LogP contribution in [0.3, 0.4) is 0 Å². The normalized spacial score (nSPS) is 26.0. The third-order valence-corrected chi connectivity index (χ3v) is 4.87. The van der Waals surface area contributed by atoms with Gasteiger partial charge in [0.25, 0.3) is 11.8 Å². The number of hydrogen-bond donors (Lipinski definition) is 3. The van der Waals surface area contributed by atoms with E-state index < -0.39 is 48.5 Å². The Morgan fingerprint density at radius 1 is 1.25 bits per heavy atom. The van der Waals surface area contributed by atoms with E-state index in [4.69, 9.17) is 4.74 Å². The van der Waals surface area contributed by atoms with Crippen LogP contribution in [-0.4, -0.2) is 60.0 Å². The van der Waals surface area contributed by atoms with Crippen LogP contribution in [0.4, 0.5) is 9.59 Å². The summed E-state index contributed by atoms with van der Waals surface area (Å²) in [6, 6.07) is -1.34. The molecule has 2 atom stereocenters. The number of esters is 1. The minimum Gasteiger partial charge on any atom is -0.454 e. The summed E-state index contributed by atoms with van der Waals surface area (Å²) in [7, 11) is 0. The van der Waals surface area contributed by atoms with Crippen LogP contribution in [0.15, 0.2) is 0 Å². The van der Waals surface area contributed by atoms with Crippen LogP contribution in [0.5, 0.6) is 0 Å². The average molecular weight is 396 g/mol. The molecule has 3 N–H and O–H groups in total. The monoisotopic (exact) mass is 396 g/mol. The van der Waals surface area contributed by atoms with Gasteiger partial charge in [0.15, 0.2) is 6.61 Å². The van der Waals surface area contributed by atoms with Gasteiger partial charge in [0.05, 0.1) is 0 Å². The fourth-order valence-corrected chi connectivity index (χ4v) is 4.34. The Kier molecular flexibility index (Phi) is 6.30. The molecule has 2 fully saturated rings. The lowest BCUT2D eigenvalue weighted by molar-refractivity contribution is -0.151. The van der Waals surface area contributed by atoms with Crippen molar-refractivity contribution in [2.75, 3.05) is 19.7 Å². The third kappa shape index (κ3) is 4.99. The molecule has 1 saturated carbocycles. The second-order valence-corrected chi connectivity index (χ2v) is 8.33. The number of ether oxygens (including phenoxy) is 1. The van der Waals surface area contributed by atoms with E-state index in [9.17, 15) is 24.0 Å². The molecule has 2 rings (SSSR count). The molecular formula is C18H28N4O6. The number of nitrogens with one attached hydrogen (secondary N) is 3. The first-order chi connectivity index (χ1) is 13.0. The second-order valence-electron chi connectivity index (χ2n) is 8.33. The van der Waals surface area contributed by atoms with Crippen molar-refractivity contribution in [2.24, 2.45) is 11.3 Å². The molecule has 10 nitrogen and oxygen atoms in total. The third-order valence-electron chi connectivity index (χ3n) is 4.87. The minimum atomic E-state index is -1.01. The van der Waals surface area contributed by atoms with E-state index in [2.05, 4.69) is 10.6 Å². The Balaban J connectivity index is 1.93. The van der Waals surface area contributed by atoms with Crippen molar-refractivity contribution >= 4 is 29.8 Å². The van der Waals surface area contributed by atoms with E-state index in [-0.39, 0.29) is 11.3 Å². The first kappa shape index (κ1) is 21.6. The summed E-state index contributed by atoms with van der Waals surface area (Å²) in [6.45, 7) is 6.88. The lowest BCUT2D eigenvalue weighted by atomic mass is 9.64. The molecule has 28 heavy (non-hydrogen) atoms. The largest absolute Gasteiger partial charge is 0.454 e. The maximum Gasteiger partial charge on any atom is 0.326 e. The number of urea groups is 2. The molecule has 0 bridgehead atoms. The second kappa shape index (κ2) is 8.15. The van der Waals surface area contributed by atoms with Gasteiger partial charge in [0, 0.05) is 6.54 Å². The standard InChI is InChI=1S/C18H28N4O6/c1-5-19-15(26)20-12(23)9-28-13(24)8-22-14(25)18(21-16(22)27)7-11(2)6-17(3,4)10-18/h11H,5-10H2,1-4H3,(H,21,27)(H2,19,20,23,26)/t11-,18+/m0/s1. The van der Waals surface area contributed by atoms with Crippen molar-refractivity contribution in [1.82, 2.24) is 20.9 Å². The van der Waals surface area contributed by atoms with Gasteiger partial charge in [-0.05, 0) is 37.5 Å². The van der Waals surface area contributed by atoms with Crippen molar-refractivity contribution in [2.45, 2.75) is 52.5 Å². The molecule has 0 aromatic rings. The Morgan fingerprint density at radius 3 is 2.54 bits per heavy atom. The van der Waals surface area contributed by atoms with Crippen molar-refractivity contribution in [3.05, 3.63) is 0 Å². The Morgan fingerprint density at radius 2 is 1.93 bits per heavy atom. The topological polar surface area (TPSA) is 134 Å². The van der Waals surface area contributed by atoms with Crippen LogP contribution in [0.1, 0.15) is 47.0 Å². The molecule has 156 valence electrons. The molecule has 2 aliphatic rings. The molecule has 0 radical (unpaired) electrons. The average Bonchev–Trinajstić information content (AvgIpc) is 2.74. The van der Waals surface area contributed by atoms with Crippen molar-refractivity contribution in [3.63, 3.8) is 0 Å². The van der Waals surface area contributed by atoms with E-state index in [1.807, 2.05) is 26.1 Å². The molecule has 0 aromatic carbocycles. The Hall–Kier alpha value is -2.65. The number of nitrogens with zero attached hydrogens (tertiary/aromatic N) is 1. The van der Waals surface area contributed by atoms with Gasteiger partial charge in [-0.3, -0.25) is 24.6 Å². The summed E-state index contributed by atoms with van der Waals surface area (Å²) in [6.07, 6.45) is 1.96. The van der Waals surface area contributed by atoms with E-state index in [1.165, 1.54) is 0 Å². The van der Waals surface area contributed by atoms with Crippen LogP contribution in [-0.2, 0) is 19.1 Å². The zero-order valence-electron chi connectivity index (χ0n) is 16.7. The summed E-state index contributed by atoms with van der Waals surface area (Å²) in [4.78, 5) is 60.8. The van der Waals surface area contributed by atoms with Crippen LogP contribution in [0.25, 0.3) is 0 Å². The number of imide groups is 2. The zero-order valence-corrected chi connectivity index (χ0v) is 16.7. The molecule has 6 amide bonds. The maximum absolute atomic E-state index is 12.9. The van der Waals surface area contributed by atoms with E-state index >= 15 is 0 Å². The lowest BCUT2D eigenvalue weighted by Gasteiger charge is -2.43. The fraction of sp³-hybridized carbons (Fsp3) is 0.722. The zero-order chi connectivity index (χ0) is 21.1. The number of carbonyl (C=O) groups excluding carboxylic acids is 5. The number of hydrogen-bond acceptors (Lipinski definition) is 6. The molecule has 10 heteroatoms. The highest BCUT2D eigenvalue weighted by atomic mass is 16.5. The van der Waals surface area contributed by atoms with Crippen molar-refractivity contribution < 1.29 is 28.7 Å². The number of carbonyl (C=O) groups is 5. The summed E-state index contributed by atoms with van der Waals surface area (Å²) < 4.78 is 4.77. The molecule has 1 heterocycles. The number of rotatable bonds is 5. The molecule has 0 unspecified atom stereocenters. The van der Waals surface area contributed by atoms with Gasteiger partial charge in [-0.25, -0.2) is 9.59 Å². The van der Waals surface area contributed by atoms with Gasteiger partial charge in [0.1, 0.15) is 12.1 Å². The predicted octanol–water partition coefficient (Wildman–Crippen LogP) is 0.512. The first-order valence-electron chi connectivity index (χ1n) is 9.35. The maximum atomic E-state index is 12.9. The highest BCUT2D eigenvalue weighted by Crippen LogP contribution is 2.46. The first-order valence-corrected chi connectivity index (χ1v) is 9.35. The van der Waals surface area contributed by atoms with Crippen molar-refractivity contribution in [1.29, 1.82) is 0 Å². The molecule has 1 spiro atoms. The van der Waals surface area contributed by atoms with Gasteiger partial charge in [-0.1, -0.05) is 20.8 Å². The smallest absolute Gasteiger partial charge is 0.326 e. The van der Waals surface area contributed by atoms with Crippen LogP contribution < -0.4 is 16.0 Å². The van der Waals surface area contributed by atoms with Gasteiger partial charge in [-0.2, -0.15) is 0 Å². The molecule has 1 saturated heterocycles. The van der Waals surface area contributed by atoms with Gasteiger partial charge >= 0.3 is 18.0 Å². The molecular weight excluding hydrogens is 368 g/mol. The molecule has 1 aliphatic heterocycles. The lowest BCUT2D eigenvalue weighted by Crippen LogP contribution is -2.54. The minimum absolute atomic E-state index is 0.117. The summed E-state index contributed by atoms with van der Waals surface area (Å²) >= 11 is 0. The quantitative estimate of drug-likeness (QED) is 0.458. The van der Waals surface area contributed by atoms with E-state index in [0.717, 1.165) is 11.3 Å². The molecule has 0 aromatic heterocycles. The highest BCUT2D eigenvalue weighted by molar-refractivity contribution is 6.09. The van der Waals surface area contributed by atoms with Crippen LogP contribution >= 0.6 is 0 Å². The summed E-state index contributed by atoms with van der Waals surface area (Å²) in [5.74, 6) is -1.91. The van der Waals surface area contributed by atoms with Crippen LogP contribution in [0, 0.1) is 11.3 Å². The van der Waals surface area contributed by atoms with Gasteiger partial charge < -0.3 is 15.4 Å². The highest BCUT2D eigenvalue weighted by Gasteiger charge is 2.56. The Bertz CT molecular complexity index is 692. The fourth-order valence-electron chi connectivity index (χ4n) is 4.34. The summed E-state index contributed by atoms with van der Waals surface area (Å²) in [5, 5.41) is 7.11. The Labute approximate surface area is 163 Å². The summed E-state index contributed by atoms with van der Waals surface area (Å²) in [5.41, 5.74) is -1.12. The van der Waals surface area contributed by atoms with Crippen LogP contribution in [0.2, 0.25) is 0 Å². The predicted molar refractivity (Wildman–Crippen MR) is 97.9 cm³/mol. The van der Waals surface area contributed by atoms with Gasteiger partial charge in [0.2, 0.25) is 0 Å². The number of amides is 6. The molecule has 1 aliphatic carbocycles. The van der Waals surface area contributed by atoms with E-state index in [1.54, 1.807) is 6.92 Å².